The van der Waals surface area contributed by atoms with Crippen molar-refractivity contribution in [2.75, 3.05) is 0 Å². The predicted octanol–water partition coefficient (Wildman–Crippen LogP) is 3.99. The lowest BCUT2D eigenvalue weighted by Gasteiger charge is -2.60. The molecule has 0 unspecified atom stereocenters. The van der Waals surface area contributed by atoms with Crippen LogP contribution in [0.25, 0.3) is 10.9 Å². The number of carbonyl (C=O) groups is 1. The molecule has 0 saturated heterocycles. The zero-order chi connectivity index (χ0) is 21.0. The summed E-state index contributed by atoms with van der Waals surface area (Å²) in [5, 5.41) is 0.546. The first-order valence-corrected chi connectivity index (χ1v) is 11.4. The molecule has 0 N–H and O–H groups in total. The Hall–Kier alpha value is -2.89. The number of fused-ring (bicyclic) bond motifs is 1. The van der Waals surface area contributed by atoms with Crippen molar-refractivity contribution in [1.29, 1.82) is 0 Å². The number of aromatic nitrogens is 2. The van der Waals surface area contributed by atoms with Crippen LogP contribution in [0.4, 0.5) is 0 Å². The molecule has 31 heavy (non-hydrogen) atoms. The van der Waals surface area contributed by atoms with E-state index in [0.29, 0.717) is 17.4 Å². The highest BCUT2D eigenvalue weighted by atomic mass is 16.3. The minimum Gasteiger partial charge on any atom is -0.467 e. The van der Waals surface area contributed by atoms with Crippen molar-refractivity contribution in [2.45, 2.75) is 57.2 Å². The highest BCUT2D eigenvalue weighted by molar-refractivity contribution is 5.79. The van der Waals surface area contributed by atoms with Crippen LogP contribution < -0.4 is 5.56 Å². The third-order valence-electron chi connectivity index (χ3n) is 7.81. The molecule has 7 rings (SSSR count). The van der Waals surface area contributed by atoms with Crippen molar-refractivity contribution in [3.63, 3.8) is 0 Å². The molecule has 0 atom stereocenters. The highest BCUT2D eigenvalue weighted by Gasteiger charge is 2.54. The molecule has 4 aliphatic carbocycles. The number of rotatable bonds is 5. The smallest absolute Gasteiger partial charge is 0.261 e. The summed E-state index contributed by atoms with van der Waals surface area (Å²) in [5.74, 6) is 2.96. The Bertz CT molecular complexity index is 1140. The lowest BCUT2D eigenvalue weighted by Crippen LogP contribution is -2.61. The summed E-state index contributed by atoms with van der Waals surface area (Å²) in [7, 11) is 0. The Morgan fingerprint density at radius 3 is 2.45 bits per heavy atom. The topological polar surface area (TPSA) is 68.3 Å². The zero-order valence-corrected chi connectivity index (χ0v) is 17.6. The van der Waals surface area contributed by atoms with Gasteiger partial charge < -0.3 is 9.32 Å². The molecule has 1 aromatic carbocycles. The van der Waals surface area contributed by atoms with Crippen molar-refractivity contribution in [1.82, 2.24) is 14.5 Å². The second kappa shape index (κ2) is 7.08. The van der Waals surface area contributed by atoms with Gasteiger partial charge in [-0.2, -0.15) is 0 Å². The largest absolute Gasteiger partial charge is 0.467 e. The van der Waals surface area contributed by atoms with Crippen LogP contribution in [-0.4, -0.2) is 25.9 Å². The normalized spacial score (nSPS) is 28.8. The standard InChI is InChI=1S/C25H27N3O3/c29-23(15-27-16-26-22-6-2-1-5-21(22)24(27)30)28(14-20-4-3-7-31-20)25-11-17-8-18(12-25)10-19(9-17)13-25/h1-7,16-19H,8-15H2. The highest BCUT2D eigenvalue weighted by Crippen LogP contribution is 2.58. The fourth-order valence-electron chi connectivity index (χ4n) is 6.92. The first-order chi connectivity index (χ1) is 15.1. The second-order valence-corrected chi connectivity index (χ2v) is 9.90. The van der Waals surface area contributed by atoms with Crippen LogP contribution in [0.15, 0.2) is 58.2 Å². The molecular formula is C25H27N3O3. The van der Waals surface area contributed by atoms with Gasteiger partial charge in [0.05, 0.1) is 30.0 Å². The van der Waals surface area contributed by atoms with E-state index in [2.05, 4.69) is 9.88 Å². The molecular weight excluding hydrogens is 390 g/mol. The van der Waals surface area contributed by atoms with Gasteiger partial charge in [-0.25, -0.2) is 4.98 Å². The summed E-state index contributed by atoms with van der Waals surface area (Å²) in [6, 6.07) is 11.1. The third-order valence-corrected chi connectivity index (χ3v) is 7.81. The minimum absolute atomic E-state index is 0.0130. The maximum Gasteiger partial charge on any atom is 0.261 e. The molecule has 0 aliphatic heterocycles. The molecule has 4 aliphatic rings. The molecule has 6 nitrogen and oxygen atoms in total. The maximum absolute atomic E-state index is 13.7. The Balaban J connectivity index is 1.35. The average Bonchev–Trinajstić information content (AvgIpc) is 3.26. The van der Waals surface area contributed by atoms with E-state index in [9.17, 15) is 9.59 Å². The second-order valence-electron chi connectivity index (χ2n) is 9.90. The third kappa shape index (κ3) is 3.20. The Morgan fingerprint density at radius 1 is 1.06 bits per heavy atom. The van der Waals surface area contributed by atoms with Crippen LogP contribution in [0.1, 0.15) is 44.3 Å². The van der Waals surface area contributed by atoms with Gasteiger partial charge in [-0.3, -0.25) is 14.2 Å². The number of nitrogens with zero attached hydrogens (tertiary/aromatic N) is 3. The maximum atomic E-state index is 13.7. The van der Waals surface area contributed by atoms with Gasteiger partial charge in [0.15, 0.2) is 0 Å². The van der Waals surface area contributed by atoms with E-state index in [1.807, 2.05) is 30.3 Å². The molecule has 2 heterocycles. The number of para-hydroxylation sites is 1. The van der Waals surface area contributed by atoms with Gasteiger partial charge in [0, 0.05) is 5.54 Å². The van der Waals surface area contributed by atoms with Crippen LogP contribution in [-0.2, 0) is 17.9 Å². The van der Waals surface area contributed by atoms with Crippen molar-refractivity contribution in [2.24, 2.45) is 17.8 Å². The summed E-state index contributed by atoms with van der Waals surface area (Å²) < 4.78 is 7.09. The molecule has 2 aromatic heterocycles. The van der Waals surface area contributed by atoms with Crippen molar-refractivity contribution in [3.05, 3.63) is 65.1 Å². The van der Waals surface area contributed by atoms with E-state index in [1.54, 1.807) is 12.3 Å². The van der Waals surface area contributed by atoms with E-state index >= 15 is 0 Å². The van der Waals surface area contributed by atoms with E-state index < -0.39 is 0 Å². The molecule has 6 heteroatoms. The summed E-state index contributed by atoms with van der Waals surface area (Å²) in [4.78, 5) is 33.2. The molecule has 0 radical (unpaired) electrons. The van der Waals surface area contributed by atoms with Gasteiger partial charge >= 0.3 is 0 Å². The van der Waals surface area contributed by atoms with Crippen molar-refractivity contribution in [3.8, 4) is 0 Å². The number of benzene rings is 1. The van der Waals surface area contributed by atoms with Gasteiger partial charge in [-0.15, -0.1) is 0 Å². The first-order valence-electron chi connectivity index (χ1n) is 11.4. The quantitative estimate of drug-likeness (QED) is 0.630. The van der Waals surface area contributed by atoms with Crippen LogP contribution in [0.2, 0.25) is 0 Å². The number of furan rings is 1. The van der Waals surface area contributed by atoms with Crippen LogP contribution >= 0.6 is 0 Å². The molecule has 160 valence electrons. The van der Waals surface area contributed by atoms with E-state index in [0.717, 1.165) is 42.8 Å². The summed E-state index contributed by atoms with van der Waals surface area (Å²) in [6.45, 7) is 0.479. The van der Waals surface area contributed by atoms with Gasteiger partial charge in [0.25, 0.3) is 5.56 Å². The monoisotopic (exact) mass is 417 g/mol. The number of carbonyl (C=O) groups excluding carboxylic acids is 1. The van der Waals surface area contributed by atoms with Crippen molar-refractivity contribution < 1.29 is 9.21 Å². The first kappa shape index (κ1) is 18.8. The molecule has 4 fully saturated rings. The predicted molar refractivity (Wildman–Crippen MR) is 116 cm³/mol. The Labute approximate surface area is 180 Å². The average molecular weight is 418 g/mol. The fraction of sp³-hybridized carbons (Fsp3) is 0.480. The lowest BCUT2D eigenvalue weighted by atomic mass is 9.52. The molecule has 1 amide bonds. The van der Waals surface area contributed by atoms with Gasteiger partial charge in [-0.05, 0) is 80.5 Å². The van der Waals surface area contributed by atoms with Crippen LogP contribution in [0, 0.1) is 17.8 Å². The molecule has 3 aromatic rings. The van der Waals surface area contributed by atoms with E-state index in [1.165, 1.54) is 30.2 Å². The molecule has 0 spiro atoms. The van der Waals surface area contributed by atoms with Gasteiger partial charge in [0.1, 0.15) is 12.3 Å². The Morgan fingerprint density at radius 2 is 1.77 bits per heavy atom. The van der Waals surface area contributed by atoms with Crippen molar-refractivity contribution >= 4 is 16.8 Å². The molecule has 4 saturated carbocycles. The minimum atomic E-state index is -0.164. The van der Waals surface area contributed by atoms with E-state index in [-0.39, 0.29) is 23.6 Å². The lowest BCUT2D eigenvalue weighted by molar-refractivity contribution is -0.153. The Kier molecular flexibility index (Phi) is 4.30. The SMILES string of the molecule is O=C(Cn1cnc2ccccc2c1=O)N(Cc1ccco1)C12CC3CC(CC(C3)C1)C2. The zero-order valence-electron chi connectivity index (χ0n) is 17.6. The number of amides is 1. The molecule has 4 bridgehead atoms. The van der Waals surface area contributed by atoms with Crippen LogP contribution in [0.3, 0.4) is 0 Å². The van der Waals surface area contributed by atoms with Gasteiger partial charge in [-0.1, -0.05) is 12.1 Å². The van der Waals surface area contributed by atoms with Crippen LogP contribution in [0.5, 0.6) is 0 Å². The summed E-state index contributed by atoms with van der Waals surface area (Å²) >= 11 is 0. The summed E-state index contributed by atoms with van der Waals surface area (Å²) in [6.07, 6.45) is 10.4. The number of hydrogen-bond donors (Lipinski definition) is 0. The summed E-state index contributed by atoms with van der Waals surface area (Å²) in [5.41, 5.74) is 0.388. The van der Waals surface area contributed by atoms with Gasteiger partial charge in [0.2, 0.25) is 5.91 Å². The van der Waals surface area contributed by atoms with E-state index in [4.69, 9.17) is 4.42 Å². The fourth-order valence-corrected chi connectivity index (χ4v) is 6.92. The number of hydrogen-bond acceptors (Lipinski definition) is 4.